The van der Waals surface area contributed by atoms with Crippen LogP contribution in [0.2, 0.25) is 0 Å². The van der Waals surface area contributed by atoms with Crippen LogP contribution in [0.25, 0.3) is 11.2 Å². The van der Waals surface area contributed by atoms with E-state index in [0.717, 1.165) is 0 Å². The summed E-state index contributed by atoms with van der Waals surface area (Å²) < 4.78 is 15.1. The number of alkyl halides is 2. The van der Waals surface area contributed by atoms with Gasteiger partial charge in [0, 0.05) is 0 Å². The van der Waals surface area contributed by atoms with Gasteiger partial charge in [-0.25, -0.2) is 15.0 Å². The molecular formula is C9H12Cl2N5O4P. The second-order valence-electron chi connectivity index (χ2n) is 4.29. The van der Waals surface area contributed by atoms with Crippen molar-refractivity contribution in [3.05, 3.63) is 12.7 Å². The van der Waals surface area contributed by atoms with Crippen molar-refractivity contribution in [2.45, 2.75) is 23.8 Å². The first kappa shape index (κ1) is 16.4. The zero-order valence-corrected chi connectivity index (χ0v) is 13.1. The van der Waals surface area contributed by atoms with Crippen molar-refractivity contribution >= 4 is 47.8 Å². The Kier molecular flexibility index (Phi) is 4.44. The zero-order chi connectivity index (χ0) is 15.8. The first-order chi connectivity index (χ1) is 9.62. The lowest BCUT2D eigenvalue weighted by molar-refractivity contribution is 0.0358. The third kappa shape index (κ3) is 3.45. The Morgan fingerprint density at radius 3 is 2.76 bits per heavy atom. The molecule has 0 radical (unpaired) electrons. The lowest BCUT2D eigenvalue weighted by Crippen LogP contribution is -2.27. The molecule has 2 heterocycles. The average molecular weight is 356 g/mol. The summed E-state index contributed by atoms with van der Waals surface area (Å²) >= 11 is 11.0. The van der Waals surface area contributed by atoms with Crippen LogP contribution in [-0.4, -0.2) is 39.7 Å². The number of imidazole rings is 1. The summed E-state index contributed by atoms with van der Waals surface area (Å²) in [4.78, 5) is 29.9. The molecule has 0 bridgehead atoms. The van der Waals surface area contributed by atoms with Crippen molar-refractivity contribution < 1.29 is 19.1 Å². The van der Waals surface area contributed by atoms with E-state index in [2.05, 4.69) is 15.0 Å². The number of nitrogens with two attached hydrogens (primary N) is 1. The smallest absolute Gasteiger partial charge is 0.382 e. The van der Waals surface area contributed by atoms with E-state index in [1.54, 1.807) is 11.5 Å². The van der Waals surface area contributed by atoms with Gasteiger partial charge in [-0.3, -0.25) is 4.57 Å². The molecule has 0 aliphatic carbocycles. The molecule has 0 saturated carbocycles. The SMILES string of the molecule is C[C@H](Cn1cnc2c(N)ncnc21)OC(Cl)(Cl)P(=O)(O)O. The molecular weight excluding hydrogens is 344 g/mol. The molecule has 0 amide bonds. The van der Waals surface area contributed by atoms with Crippen molar-refractivity contribution in [3.63, 3.8) is 0 Å². The number of rotatable bonds is 5. The molecule has 2 aromatic rings. The molecule has 1 atom stereocenters. The predicted octanol–water partition coefficient (Wildman–Crippen LogP) is 1.08. The fourth-order valence-electron chi connectivity index (χ4n) is 1.66. The molecule has 0 fully saturated rings. The molecule has 0 aliphatic heterocycles. The molecule has 4 N–H and O–H groups in total. The second-order valence-corrected chi connectivity index (χ2v) is 7.79. The van der Waals surface area contributed by atoms with Gasteiger partial charge >= 0.3 is 11.9 Å². The first-order valence-electron chi connectivity index (χ1n) is 5.64. The lowest BCUT2D eigenvalue weighted by atomic mass is 10.4. The van der Waals surface area contributed by atoms with Gasteiger partial charge in [-0.15, -0.1) is 0 Å². The highest BCUT2D eigenvalue weighted by atomic mass is 35.5. The maximum absolute atomic E-state index is 11.1. The van der Waals surface area contributed by atoms with Crippen LogP contribution < -0.4 is 5.73 Å². The van der Waals surface area contributed by atoms with E-state index in [4.69, 9.17) is 43.5 Å². The minimum atomic E-state index is -4.83. The Balaban J connectivity index is 2.17. The van der Waals surface area contributed by atoms with E-state index in [-0.39, 0.29) is 12.4 Å². The minimum Gasteiger partial charge on any atom is -0.382 e. The zero-order valence-electron chi connectivity index (χ0n) is 10.7. The van der Waals surface area contributed by atoms with Crippen molar-refractivity contribution in [2.24, 2.45) is 0 Å². The van der Waals surface area contributed by atoms with Gasteiger partial charge in [0.1, 0.15) is 11.8 Å². The Bertz CT molecular complexity index is 703. The van der Waals surface area contributed by atoms with Crippen LogP contribution in [0.15, 0.2) is 12.7 Å². The molecule has 0 spiro atoms. The van der Waals surface area contributed by atoms with Gasteiger partial charge in [0.25, 0.3) is 0 Å². The number of aromatic nitrogens is 4. The molecule has 116 valence electrons. The molecule has 0 unspecified atom stereocenters. The van der Waals surface area contributed by atoms with Gasteiger partial charge in [-0.05, 0) is 6.92 Å². The van der Waals surface area contributed by atoms with Crippen molar-refractivity contribution in [1.29, 1.82) is 0 Å². The van der Waals surface area contributed by atoms with E-state index in [9.17, 15) is 4.57 Å². The highest BCUT2D eigenvalue weighted by molar-refractivity contribution is 7.57. The summed E-state index contributed by atoms with van der Waals surface area (Å²) in [7, 11) is -4.83. The van der Waals surface area contributed by atoms with Crippen LogP contribution >= 0.6 is 30.8 Å². The van der Waals surface area contributed by atoms with Crippen LogP contribution in [0.5, 0.6) is 0 Å². The Morgan fingerprint density at radius 2 is 2.14 bits per heavy atom. The third-order valence-electron chi connectivity index (χ3n) is 2.57. The molecule has 2 aromatic heterocycles. The molecule has 12 heteroatoms. The maximum Gasteiger partial charge on any atom is 0.388 e. The van der Waals surface area contributed by atoms with Crippen molar-refractivity contribution in [1.82, 2.24) is 19.5 Å². The number of nitrogens with zero attached hydrogens (tertiary/aromatic N) is 4. The van der Waals surface area contributed by atoms with E-state index in [1.165, 1.54) is 12.7 Å². The number of hydrogen-bond acceptors (Lipinski definition) is 6. The Hall–Kier alpha value is -0.960. The maximum atomic E-state index is 11.1. The van der Waals surface area contributed by atoms with Gasteiger partial charge in [0.15, 0.2) is 11.5 Å². The summed E-state index contributed by atoms with van der Waals surface area (Å²) in [6.07, 6.45) is 2.02. The van der Waals surface area contributed by atoms with Gasteiger partial charge in [0.05, 0.1) is 19.0 Å². The number of nitrogen functional groups attached to an aromatic ring is 1. The van der Waals surface area contributed by atoms with Crippen LogP contribution in [-0.2, 0) is 15.8 Å². The van der Waals surface area contributed by atoms with Crippen molar-refractivity contribution in [2.75, 3.05) is 5.73 Å². The summed E-state index contributed by atoms with van der Waals surface area (Å²) in [5.41, 5.74) is 6.54. The highest BCUT2D eigenvalue weighted by Crippen LogP contribution is 2.57. The third-order valence-corrected chi connectivity index (χ3v) is 4.85. The van der Waals surface area contributed by atoms with Gasteiger partial charge < -0.3 is 24.8 Å². The molecule has 9 nitrogen and oxygen atoms in total. The van der Waals surface area contributed by atoms with E-state index in [1.807, 2.05) is 0 Å². The van der Waals surface area contributed by atoms with Gasteiger partial charge in [-0.2, -0.15) is 0 Å². The predicted molar refractivity (Wildman–Crippen MR) is 76.8 cm³/mol. The molecule has 21 heavy (non-hydrogen) atoms. The monoisotopic (exact) mass is 355 g/mol. The van der Waals surface area contributed by atoms with Crippen LogP contribution in [0, 0.1) is 0 Å². The van der Waals surface area contributed by atoms with Gasteiger partial charge in [-0.1, -0.05) is 23.2 Å². The number of fused-ring (bicyclic) bond motifs is 1. The van der Waals surface area contributed by atoms with Crippen LogP contribution in [0.1, 0.15) is 6.92 Å². The molecule has 0 aromatic carbocycles. The fourth-order valence-corrected chi connectivity index (χ4v) is 2.28. The normalized spacial score (nSPS) is 14.5. The topological polar surface area (TPSA) is 136 Å². The number of halogens is 2. The summed E-state index contributed by atoms with van der Waals surface area (Å²) in [6.45, 7) is 1.71. The van der Waals surface area contributed by atoms with Crippen molar-refractivity contribution in [3.8, 4) is 0 Å². The quantitative estimate of drug-likeness (QED) is 0.535. The Morgan fingerprint density at radius 1 is 1.48 bits per heavy atom. The molecule has 2 rings (SSSR count). The number of anilines is 1. The minimum absolute atomic E-state index is 0.161. The standard InChI is InChI=1S/C9H12Cl2N5O4P/c1-5(20-9(10,11)21(17,18)19)2-16-4-15-6-7(12)13-3-14-8(6)16/h3-5H,2H2,1H3,(H2,12,13,14)(H2,17,18,19)/t5-/m1/s1. The summed E-state index contributed by atoms with van der Waals surface area (Å²) in [5.74, 6) is 0.228. The largest absolute Gasteiger partial charge is 0.388 e. The first-order valence-corrected chi connectivity index (χ1v) is 8.01. The van der Waals surface area contributed by atoms with Gasteiger partial charge in [0.2, 0.25) is 0 Å². The van der Waals surface area contributed by atoms with E-state index < -0.39 is 18.0 Å². The van der Waals surface area contributed by atoms with E-state index in [0.29, 0.717) is 11.2 Å². The summed E-state index contributed by atoms with van der Waals surface area (Å²) in [6, 6.07) is 0. The van der Waals surface area contributed by atoms with E-state index >= 15 is 0 Å². The second kappa shape index (κ2) is 5.68. The fraction of sp³-hybridized carbons (Fsp3) is 0.444. The van der Waals surface area contributed by atoms with Crippen LogP contribution in [0.3, 0.4) is 0 Å². The lowest BCUT2D eigenvalue weighted by Gasteiger charge is -2.25. The average Bonchev–Trinajstić information content (AvgIpc) is 2.71. The van der Waals surface area contributed by atoms with Crippen LogP contribution in [0.4, 0.5) is 5.82 Å². The molecule has 0 aliphatic rings. The number of hydrogen-bond donors (Lipinski definition) is 3. The Labute approximate surface area is 129 Å². The summed E-state index contributed by atoms with van der Waals surface area (Å²) in [5, 5.41) is 0. The molecule has 0 saturated heterocycles. The number of ether oxygens (including phenoxy) is 1. The highest BCUT2D eigenvalue weighted by Gasteiger charge is 2.46.